The maximum Gasteiger partial charge on any atom is 0.321 e. The number of carbonyl (C=O) groups is 1. The Hall–Kier alpha value is -0.570. The van der Waals surface area contributed by atoms with Crippen molar-refractivity contribution in [2.45, 2.75) is 46.1 Å². The Kier molecular flexibility index (Phi) is 4.24. The molecule has 0 unspecified atom stereocenters. The van der Waals surface area contributed by atoms with Gasteiger partial charge in [0.25, 0.3) is 0 Å². The van der Waals surface area contributed by atoms with Gasteiger partial charge in [0.1, 0.15) is 6.04 Å². The summed E-state index contributed by atoms with van der Waals surface area (Å²) in [6.45, 7) is 5.99. The second-order valence-electron chi connectivity index (χ2n) is 3.24. The minimum Gasteiger partial charge on any atom is -0.480 e. The molecule has 0 aromatic heterocycles. The zero-order chi connectivity index (χ0) is 9.78. The van der Waals surface area contributed by atoms with E-state index in [4.69, 9.17) is 10.8 Å². The van der Waals surface area contributed by atoms with Crippen LogP contribution in [0.5, 0.6) is 0 Å². The Labute approximate surface area is 74.0 Å². The average molecular weight is 173 g/mol. The number of hydrogen-bond donors (Lipinski definition) is 2. The van der Waals surface area contributed by atoms with Gasteiger partial charge in [-0.25, -0.2) is 0 Å². The van der Waals surface area contributed by atoms with Crippen LogP contribution in [-0.2, 0) is 4.79 Å². The normalized spacial score (nSPS) is 14.3. The van der Waals surface area contributed by atoms with E-state index < -0.39 is 12.0 Å². The fraction of sp³-hybridized carbons (Fsp3) is 0.889. The van der Waals surface area contributed by atoms with Crippen molar-refractivity contribution in [3.63, 3.8) is 0 Å². The Morgan fingerprint density at radius 2 is 1.67 bits per heavy atom. The molecule has 72 valence electrons. The van der Waals surface area contributed by atoms with Crippen LogP contribution in [0.25, 0.3) is 0 Å². The number of carboxylic acids is 1. The molecule has 0 bridgehead atoms. The molecule has 0 aliphatic heterocycles. The molecule has 1 atom stereocenters. The van der Waals surface area contributed by atoms with Crippen LogP contribution in [0.1, 0.15) is 40.0 Å². The maximum atomic E-state index is 10.7. The topological polar surface area (TPSA) is 63.3 Å². The molecule has 3 nitrogen and oxygen atoms in total. The predicted molar refractivity (Wildman–Crippen MR) is 48.9 cm³/mol. The monoisotopic (exact) mass is 173 g/mol. The van der Waals surface area contributed by atoms with Gasteiger partial charge < -0.3 is 10.8 Å². The van der Waals surface area contributed by atoms with E-state index in [0.717, 1.165) is 19.3 Å². The van der Waals surface area contributed by atoms with E-state index in [0.29, 0.717) is 0 Å². The van der Waals surface area contributed by atoms with E-state index in [1.54, 1.807) is 0 Å². The summed E-state index contributed by atoms with van der Waals surface area (Å²) < 4.78 is 0. The van der Waals surface area contributed by atoms with Crippen LogP contribution in [-0.4, -0.2) is 17.1 Å². The Morgan fingerprint density at radius 1 is 1.33 bits per heavy atom. The fourth-order valence-electron chi connectivity index (χ4n) is 1.67. The van der Waals surface area contributed by atoms with Crippen molar-refractivity contribution in [3.05, 3.63) is 0 Å². The summed E-state index contributed by atoms with van der Waals surface area (Å²) >= 11 is 0. The molecule has 0 radical (unpaired) electrons. The van der Waals surface area contributed by atoms with Gasteiger partial charge in [-0.15, -0.1) is 0 Å². The van der Waals surface area contributed by atoms with Gasteiger partial charge in [-0.05, 0) is 24.7 Å². The molecule has 0 heterocycles. The quantitative estimate of drug-likeness (QED) is 0.664. The first-order chi connectivity index (χ1) is 5.54. The molecule has 0 rings (SSSR count). The number of rotatable bonds is 5. The molecule has 0 amide bonds. The molecule has 0 spiro atoms. The lowest BCUT2D eigenvalue weighted by atomic mass is 9.74. The molecule has 3 N–H and O–H groups in total. The summed E-state index contributed by atoms with van der Waals surface area (Å²) in [5.41, 5.74) is 5.41. The van der Waals surface area contributed by atoms with Crippen molar-refractivity contribution < 1.29 is 9.90 Å². The smallest absolute Gasteiger partial charge is 0.321 e. The maximum absolute atomic E-state index is 10.7. The van der Waals surface area contributed by atoms with Crippen LogP contribution >= 0.6 is 0 Å². The second-order valence-corrected chi connectivity index (χ2v) is 3.24. The standard InChI is InChI=1S/C9H19NO2/c1-4-9(5-2,6-3)7(10)8(11)12/h7H,4-6,10H2,1-3H3,(H,11,12)/t7-/m1/s1. The number of nitrogens with two attached hydrogens (primary N) is 1. The first kappa shape index (κ1) is 11.4. The van der Waals surface area contributed by atoms with E-state index in [-0.39, 0.29) is 5.41 Å². The van der Waals surface area contributed by atoms with Crippen molar-refractivity contribution >= 4 is 5.97 Å². The summed E-state index contributed by atoms with van der Waals surface area (Å²) in [6.07, 6.45) is 2.48. The molecule has 0 aliphatic carbocycles. The molecule has 0 aliphatic rings. The Morgan fingerprint density at radius 3 is 1.75 bits per heavy atom. The van der Waals surface area contributed by atoms with E-state index in [9.17, 15) is 4.79 Å². The van der Waals surface area contributed by atoms with E-state index >= 15 is 0 Å². The molecule has 0 aromatic carbocycles. The summed E-state index contributed by atoms with van der Waals surface area (Å²) in [6, 6.07) is -0.725. The zero-order valence-corrected chi connectivity index (χ0v) is 8.13. The average Bonchev–Trinajstić information content (AvgIpc) is 2.08. The molecular formula is C9H19NO2. The lowest BCUT2D eigenvalue weighted by Crippen LogP contribution is -2.46. The Bertz CT molecular complexity index is 144. The number of carboxylic acid groups (broad SMARTS) is 1. The molecule has 0 fully saturated rings. The third-order valence-corrected chi connectivity index (χ3v) is 3.04. The van der Waals surface area contributed by atoms with Crippen molar-refractivity contribution in [2.75, 3.05) is 0 Å². The molecule has 3 heteroatoms. The van der Waals surface area contributed by atoms with Gasteiger partial charge in [0, 0.05) is 0 Å². The highest BCUT2D eigenvalue weighted by molar-refractivity contribution is 5.74. The SMILES string of the molecule is CCC(CC)(CC)[C@H](N)C(=O)O. The number of hydrogen-bond acceptors (Lipinski definition) is 2. The van der Waals surface area contributed by atoms with Crippen LogP contribution in [0.4, 0.5) is 0 Å². The summed E-state index contributed by atoms with van der Waals surface area (Å²) in [7, 11) is 0. The van der Waals surface area contributed by atoms with E-state index in [1.807, 2.05) is 20.8 Å². The number of aliphatic carboxylic acids is 1. The zero-order valence-electron chi connectivity index (χ0n) is 8.13. The summed E-state index contributed by atoms with van der Waals surface area (Å²) in [5.74, 6) is -0.888. The van der Waals surface area contributed by atoms with Crippen molar-refractivity contribution in [1.82, 2.24) is 0 Å². The highest BCUT2D eigenvalue weighted by Gasteiger charge is 2.35. The summed E-state index contributed by atoms with van der Waals surface area (Å²) in [5, 5.41) is 8.79. The van der Waals surface area contributed by atoms with Crippen LogP contribution in [0.3, 0.4) is 0 Å². The molecule has 12 heavy (non-hydrogen) atoms. The fourth-order valence-corrected chi connectivity index (χ4v) is 1.67. The van der Waals surface area contributed by atoms with Gasteiger partial charge in [-0.2, -0.15) is 0 Å². The minimum absolute atomic E-state index is 0.216. The van der Waals surface area contributed by atoms with Crippen molar-refractivity contribution in [3.8, 4) is 0 Å². The molecule has 0 aromatic rings. The van der Waals surface area contributed by atoms with Gasteiger partial charge in [-0.1, -0.05) is 20.8 Å². The highest BCUT2D eigenvalue weighted by atomic mass is 16.4. The van der Waals surface area contributed by atoms with Crippen LogP contribution in [0.15, 0.2) is 0 Å². The van der Waals surface area contributed by atoms with Gasteiger partial charge in [0.05, 0.1) is 0 Å². The first-order valence-electron chi connectivity index (χ1n) is 4.52. The minimum atomic E-state index is -0.888. The van der Waals surface area contributed by atoms with Gasteiger partial charge in [-0.3, -0.25) is 4.79 Å². The third kappa shape index (κ3) is 1.97. The molecular weight excluding hydrogens is 154 g/mol. The van der Waals surface area contributed by atoms with Crippen LogP contribution in [0, 0.1) is 5.41 Å². The predicted octanol–water partition coefficient (Wildman–Crippen LogP) is 1.61. The Balaban J connectivity index is 4.58. The molecule has 0 saturated heterocycles. The van der Waals surface area contributed by atoms with Gasteiger partial charge in [0.2, 0.25) is 0 Å². The van der Waals surface area contributed by atoms with Crippen molar-refractivity contribution in [1.29, 1.82) is 0 Å². The van der Waals surface area contributed by atoms with E-state index in [1.165, 1.54) is 0 Å². The van der Waals surface area contributed by atoms with Crippen LogP contribution in [0.2, 0.25) is 0 Å². The second kappa shape index (κ2) is 4.45. The summed E-state index contributed by atoms with van der Waals surface area (Å²) in [4.78, 5) is 10.7. The van der Waals surface area contributed by atoms with Gasteiger partial charge in [0.15, 0.2) is 0 Å². The lowest BCUT2D eigenvalue weighted by Gasteiger charge is -2.33. The molecule has 0 saturated carbocycles. The first-order valence-corrected chi connectivity index (χ1v) is 4.52. The van der Waals surface area contributed by atoms with Gasteiger partial charge >= 0.3 is 5.97 Å². The third-order valence-electron chi connectivity index (χ3n) is 3.04. The largest absolute Gasteiger partial charge is 0.480 e. The highest BCUT2D eigenvalue weighted by Crippen LogP contribution is 2.33. The van der Waals surface area contributed by atoms with Crippen LogP contribution < -0.4 is 5.73 Å². The lowest BCUT2D eigenvalue weighted by molar-refractivity contribution is -0.142. The van der Waals surface area contributed by atoms with E-state index in [2.05, 4.69) is 0 Å². The van der Waals surface area contributed by atoms with Crippen molar-refractivity contribution in [2.24, 2.45) is 11.1 Å².